The third-order valence-corrected chi connectivity index (χ3v) is 3.81. The summed E-state index contributed by atoms with van der Waals surface area (Å²) in [5.41, 5.74) is 0. The number of nitrogens with one attached hydrogen (secondary N) is 2. The number of hydrogen-bond donors (Lipinski definition) is 2. The molecule has 2 heterocycles. The summed E-state index contributed by atoms with van der Waals surface area (Å²) in [6.07, 6.45) is 2.08. The van der Waals surface area contributed by atoms with Crippen molar-refractivity contribution in [3.63, 3.8) is 0 Å². The summed E-state index contributed by atoms with van der Waals surface area (Å²) in [6.45, 7) is 4.32. The van der Waals surface area contributed by atoms with Gasteiger partial charge in [0, 0.05) is 24.0 Å². The molecule has 2 unspecified atom stereocenters. The van der Waals surface area contributed by atoms with Gasteiger partial charge in [-0.3, -0.25) is 9.59 Å². The molecule has 0 bridgehead atoms. The third kappa shape index (κ3) is 2.82. The summed E-state index contributed by atoms with van der Waals surface area (Å²) in [7, 11) is 0. The molecule has 5 nitrogen and oxygen atoms in total. The molecule has 92 valence electrons. The van der Waals surface area contributed by atoms with Crippen molar-refractivity contribution >= 4 is 23.2 Å². The first-order valence-corrected chi connectivity index (χ1v) is 6.37. The Hall–Kier alpha value is -1.43. The molecular weight excluding hydrogens is 238 g/mol. The van der Waals surface area contributed by atoms with Crippen LogP contribution in [0.2, 0.25) is 0 Å². The number of thiazole rings is 1. The first-order chi connectivity index (χ1) is 8.06. The van der Waals surface area contributed by atoms with Crippen molar-refractivity contribution in [1.82, 2.24) is 15.6 Å². The maximum absolute atomic E-state index is 11.9. The predicted octanol–water partition coefficient (Wildman–Crippen LogP) is 0.765. The molecule has 0 spiro atoms. The zero-order chi connectivity index (χ0) is 12.4. The van der Waals surface area contributed by atoms with Crippen LogP contribution >= 0.6 is 11.3 Å². The Labute approximate surface area is 104 Å². The topological polar surface area (TPSA) is 71.1 Å². The standard InChI is InChI=1S/C11H15N3O2S/c1-6-4-13-11(17-6)7(2)14-10(16)8-3-9(15)12-5-8/h4,7-8H,3,5H2,1-2H3,(H,12,15)(H,14,16). The Balaban J connectivity index is 1.92. The highest BCUT2D eigenvalue weighted by Gasteiger charge is 2.29. The molecule has 1 fully saturated rings. The van der Waals surface area contributed by atoms with Crippen molar-refractivity contribution in [2.75, 3.05) is 6.54 Å². The first-order valence-electron chi connectivity index (χ1n) is 5.55. The van der Waals surface area contributed by atoms with Gasteiger partial charge >= 0.3 is 0 Å². The van der Waals surface area contributed by atoms with Crippen LogP contribution in [0.3, 0.4) is 0 Å². The van der Waals surface area contributed by atoms with E-state index in [1.807, 2.05) is 13.8 Å². The van der Waals surface area contributed by atoms with Crippen LogP contribution in [0.5, 0.6) is 0 Å². The largest absolute Gasteiger partial charge is 0.355 e. The van der Waals surface area contributed by atoms with Gasteiger partial charge in [0.15, 0.2) is 0 Å². The van der Waals surface area contributed by atoms with E-state index in [4.69, 9.17) is 0 Å². The summed E-state index contributed by atoms with van der Waals surface area (Å²) in [6, 6.07) is -0.100. The molecule has 2 amide bonds. The van der Waals surface area contributed by atoms with Gasteiger partial charge in [-0.1, -0.05) is 0 Å². The highest BCUT2D eigenvalue weighted by molar-refractivity contribution is 7.11. The Morgan fingerprint density at radius 1 is 1.71 bits per heavy atom. The fourth-order valence-electron chi connectivity index (χ4n) is 1.76. The molecule has 17 heavy (non-hydrogen) atoms. The lowest BCUT2D eigenvalue weighted by Gasteiger charge is -2.13. The second-order valence-electron chi connectivity index (χ2n) is 4.24. The van der Waals surface area contributed by atoms with Crippen LogP contribution in [0.1, 0.15) is 29.3 Å². The van der Waals surface area contributed by atoms with E-state index >= 15 is 0 Å². The zero-order valence-corrected chi connectivity index (χ0v) is 10.6. The summed E-state index contributed by atoms with van der Waals surface area (Å²) in [4.78, 5) is 28.2. The summed E-state index contributed by atoms with van der Waals surface area (Å²) < 4.78 is 0. The summed E-state index contributed by atoms with van der Waals surface area (Å²) in [5.74, 6) is -0.377. The zero-order valence-electron chi connectivity index (χ0n) is 9.82. The van der Waals surface area contributed by atoms with Gasteiger partial charge in [0.05, 0.1) is 12.0 Å². The summed E-state index contributed by atoms with van der Waals surface area (Å²) >= 11 is 1.57. The molecular formula is C11H15N3O2S. The second-order valence-corrected chi connectivity index (χ2v) is 5.51. The van der Waals surface area contributed by atoms with Crippen LogP contribution in [0, 0.1) is 12.8 Å². The number of rotatable bonds is 3. The highest BCUT2D eigenvalue weighted by atomic mass is 32.1. The van der Waals surface area contributed by atoms with E-state index in [0.717, 1.165) is 9.88 Å². The van der Waals surface area contributed by atoms with Gasteiger partial charge < -0.3 is 10.6 Å². The molecule has 1 aliphatic heterocycles. The van der Waals surface area contributed by atoms with Crippen LogP contribution in [0.25, 0.3) is 0 Å². The maximum atomic E-state index is 11.9. The van der Waals surface area contributed by atoms with Gasteiger partial charge in [-0.15, -0.1) is 11.3 Å². The van der Waals surface area contributed by atoms with E-state index in [9.17, 15) is 9.59 Å². The number of carbonyl (C=O) groups is 2. The minimum atomic E-state index is -0.244. The van der Waals surface area contributed by atoms with Gasteiger partial charge in [-0.2, -0.15) is 0 Å². The smallest absolute Gasteiger partial charge is 0.225 e. The number of nitrogens with zero attached hydrogens (tertiary/aromatic N) is 1. The van der Waals surface area contributed by atoms with Crippen LogP contribution in [0.4, 0.5) is 0 Å². The number of aromatic nitrogens is 1. The van der Waals surface area contributed by atoms with Gasteiger partial charge in [0.25, 0.3) is 0 Å². The van der Waals surface area contributed by atoms with E-state index < -0.39 is 0 Å². The molecule has 6 heteroatoms. The molecule has 1 aromatic heterocycles. The Kier molecular flexibility index (Phi) is 3.42. The monoisotopic (exact) mass is 253 g/mol. The normalized spacial score (nSPS) is 21.1. The van der Waals surface area contributed by atoms with Crippen molar-refractivity contribution in [2.24, 2.45) is 5.92 Å². The van der Waals surface area contributed by atoms with Crippen molar-refractivity contribution in [3.8, 4) is 0 Å². The molecule has 1 saturated heterocycles. The predicted molar refractivity (Wildman–Crippen MR) is 64.5 cm³/mol. The Morgan fingerprint density at radius 3 is 3.00 bits per heavy atom. The van der Waals surface area contributed by atoms with Crippen molar-refractivity contribution in [2.45, 2.75) is 26.3 Å². The van der Waals surface area contributed by atoms with Gasteiger partial charge in [-0.25, -0.2) is 4.98 Å². The van der Waals surface area contributed by atoms with E-state index in [-0.39, 0.29) is 30.2 Å². The van der Waals surface area contributed by atoms with E-state index in [0.29, 0.717) is 6.54 Å². The second kappa shape index (κ2) is 4.83. The van der Waals surface area contributed by atoms with Gasteiger partial charge in [-0.05, 0) is 13.8 Å². The number of carbonyl (C=O) groups excluding carboxylic acids is 2. The Bertz CT molecular complexity index is 444. The lowest BCUT2D eigenvalue weighted by atomic mass is 10.1. The SMILES string of the molecule is Cc1cnc(C(C)NC(=O)C2CNC(=O)C2)s1. The van der Waals surface area contributed by atoms with Crippen molar-refractivity contribution < 1.29 is 9.59 Å². The fraction of sp³-hybridized carbons (Fsp3) is 0.545. The molecule has 0 aliphatic carbocycles. The number of hydrogen-bond acceptors (Lipinski definition) is 4. The van der Waals surface area contributed by atoms with Gasteiger partial charge in [0.1, 0.15) is 5.01 Å². The minimum Gasteiger partial charge on any atom is -0.355 e. The minimum absolute atomic E-state index is 0.0529. The maximum Gasteiger partial charge on any atom is 0.225 e. The lowest BCUT2D eigenvalue weighted by Crippen LogP contribution is -2.33. The van der Waals surface area contributed by atoms with E-state index in [1.165, 1.54) is 0 Å². The first kappa shape index (κ1) is 12.0. The molecule has 2 N–H and O–H groups in total. The van der Waals surface area contributed by atoms with Crippen LogP contribution < -0.4 is 10.6 Å². The molecule has 1 aromatic rings. The van der Waals surface area contributed by atoms with Crippen molar-refractivity contribution in [1.29, 1.82) is 0 Å². The lowest BCUT2D eigenvalue weighted by molar-refractivity contribution is -0.127. The highest BCUT2D eigenvalue weighted by Crippen LogP contribution is 2.20. The fourth-order valence-corrected chi connectivity index (χ4v) is 2.53. The molecule has 0 aromatic carbocycles. The van der Waals surface area contributed by atoms with Crippen LogP contribution in [-0.2, 0) is 9.59 Å². The molecule has 0 saturated carbocycles. The molecule has 0 radical (unpaired) electrons. The average Bonchev–Trinajstić information content (AvgIpc) is 2.87. The molecule has 1 aliphatic rings. The summed E-state index contributed by atoms with van der Waals surface area (Å²) in [5, 5.41) is 6.44. The number of aryl methyl sites for hydroxylation is 1. The van der Waals surface area contributed by atoms with Gasteiger partial charge in [0.2, 0.25) is 11.8 Å². The Morgan fingerprint density at radius 2 is 2.47 bits per heavy atom. The molecule has 2 rings (SSSR count). The number of amides is 2. The average molecular weight is 253 g/mol. The van der Waals surface area contributed by atoms with E-state index in [2.05, 4.69) is 15.6 Å². The van der Waals surface area contributed by atoms with Crippen LogP contribution in [0.15, 0.2) is 6.20 Å². The molecule has 2 atom stereocenters. The van der Waals surface area contributed by atoms with E-state index in [1.54, 1.807) is 17.5 Å². The third-order valence-electron chi connectivity index (χ3n) is 2.72. The quantitative estimate of drug-likeness (QED) is 0.835. The van der Waals surface area contributed by atoms with Crippen molar-refractivity contribution in [3.05, 3.63) is 16.1 Å². The van der Waals surface area contributed by atoms with Crippen LogP contribution in [-0.4, -0.2) is 23.3 Å².